The van der Waals surface area contributed by atoms with E-state index < -0.39 is 0 Å². The van der Waals surface area contributed by atoms with Crippen LogP contribution < -0.4 is 10.1 Å². The fraction of sp³-hybridized carbons (Fsp3) is 0.333. The molecule has 1 aromatic heterocycles. The molecule has 1 aliphatic rings. The van der Waals surface area contributed by atoms with Gasteiger partial charge in [0.1, 0.15) is 18.5 Å². The number of methoxy groups -OCH3 is 1. The second-order valence-corrected chi connectivity index (χ2v) is 6.89. The van der Waals surface area contributed by atoms with Crippen molar-refractivity contribution < 1.29 is 9.47 Å². The van der Waals surface area contributed by atoms with Crippen LogP contribution in [0.1, 0.15) is 42.8 Å². The van der Waals surface area contributed by atoms with Crippen LogP contribution in [0.25, 0.3) is 10.9 Å². The van der Waals surface area contributed by atoms with Gasteiger partial charge in [-0.3, -0.25) is 0 Å². The molecular formula is C21H24N2O2. The summed E-state index contributed by atoms with van der Waals surface area (Å²) in [6.07, 6.45) is 0.0792. The van der Waals surface area contributed by atoms with Gasteiger partial charge in [0.25, 0.3) is 0 Å². The van der Waals surface area contributed by atoms with E-state index in [0.29, 0.717) is 12.6 Å². The Hall–Kier alpha value is -2.30. The van der Waals surface area contributed by atoms with E-state index in [-0.39, 0.29) is 12.1 Å². The second kappa shape index (κ2) is 6.54. The van der Waals surface area contributed by atoms with Gasteiger partial charge in [0.05, 0.1) is 6.04 Å². The van der Waals surface area contributed by atoms with Gasteiger partial charge < -0.3 is 19.8 Å². The van der Waals surface area contributed by atoms with E-state index in [2.05, 4.69) is 48.4 Å². The van der Waals surface area contributed by atoms with Gasteiger partial charge in [-0.05, 0) is 23.8 Å². The second-order valence-electron chi connectivity index (χ2n) is 6.89. The van der Waals surface area contributed by atoms with E-state index in [1.165, 1.54) is 22.2 Å². The molecule has 2 unspecified atom stereocenters. The summed E-state index contributed by atoms with van der Waals surface area (Å²) in [4.78, 5) is 3.54. The fourth-order valence-electron chi connectivity index (χ4n) is 3.60. The van der Waals surface area contributed by atoms with Crippen LogP contribution in [-0.4, -0.2) is 18.1 Å². The van der Waals surface area contributed by atoms with Gasteiger partial charge in [-0.1, -0.05) is 44.2 Å². The molecule has 0 radical (unpaired) electrons. The van der Waals surface area contributed by atoms with Gasteiger partial charge in [-0.2, -0.15) is 0 Å². The van der Waals surface area contributed by atoms with Crippen LogP contribution in [0.3, 0.4) is 0 Å². The minimum absolute atomic E-state index is 0.0792. The van der Waals surface area contributed by atoms with Gasteiger partial charge in [-0.25, -0.2) is 0 Å². The zero-order valence-corrected chi connectivity index (χ0v) is 14.9. The molecule has 0 aliphatic heterocycles. The Morgan fingerprint density at radius 3 is 2.64 bits per heavy atom. The predicted molar refractivity (Wildman–Crippen MR) is 99.8 cm³/mol. The summed E-state index contributed by atoms with van der Waals surface area (Å²) in [5, 5.41) is 4.76. The zero-order valence-electron chi connectivity index (χ0n) is 14.9. The van der Waals surface area contributed by atoms with Crippen LogP contribution >= 0.6 is 0 Å². The molecule has 25 heavy (non-hydrogen) atoms. The maximum absolute atomic E-state index is 5.98. The third-order valence-electron chi connectivity index (χ3n) is 4.75. The first-order chi connectivity index (χ1) is 12.2. The molecule has 2 atom stereocenters. The molecule has 1 aliphatic carbocycles. The van der Waals surface area contributed by atoms with Crippen molar-refractivity contribution in [2.75, 3.05) is 7.11 Å². The topological polar surface area (TPSA) is 46.3 Å². The summed E-state index contributed by atoms with van der Waals surface area (Å²) in [5.74, 6) is 0.883. The fourth-order valence-corrected chi connectivity index (χ4v) is 3.60. The molecule has 0 saturated heterocycles. The van der Waals surface area contributed by atoms with E-state index in [1.54, 1.807) is 7.11 Å². The van der Waals surface area contributed by atoms with Gasteiger partial charge in [0.2, 0.25) is 0 Å². The van der Waals surface area contributed by atoms with E-state index >= 15 is 0 Å². The van der Waals surface area contributed by atoms with Gasteiger partial charge in [-0.15, -0.1) is 0 Å². The number of rotatable bonds is 6. The number of ether oxygens (including phenoxy) is 2. The maximum atomic E-state index is 5.98. The first kappa shape index (κ1) is 16.2. The Morgan fingerprint density at radius 1 is 1.12 bits per heavy atom. The van der Waals surface area contributed by atoms with Crippen molar-refractivity contribution in [3.05, 3.63) is 65.4 Å². The average molecular weight is 336 g/mol. The highest BCUT2D eigenvalue weighted by atomic mass is 16.5. The molecule has 2 N–H and O–H groups in total. The Labute approximate surface area is 148 Å². The van der Waals surface area contributed by atoms with Crippen LogP contribution in [0.4, 0.5) is 0 Å². The van der Waals surface area contributed by atoms with E-state index in [0.717, 1.165) is 11.3 Å². The monoisotopic (exact) mass is 336 g/mol. The molecule has 4 heteroatoms. The van der Waals surface area contributed by atoms with Crippen LogP contribution in [0.5, 0.6) is 5.75 Å². The number of hydrogen-bond acceptors (Lipinski definition) is 3. The van der Waals surface area contributed by atoms with Crippen molar-refractivity contribution in [1.29, 1.82) is 0 Å². The highest BCUT2D eigenvalue weighted by molar-refractivity contribution is 5.88. The molecule has 2 aromatic carbocycles. The van der Waals surface area contributed by atoms with Crippen molar-refractivity contribution in [1.82, 2.24) is 10.3 Å². The molecule has 130 valence electrons. The highest BCUT2D eigenvalue weighted by Gasteiger charge is 2.41. The number of benzene rings is 2. The van der Waals surface area contributed by atoms with Crippen molar-refractivity contribution >= 4 is 10.9 Å². The Bertz CT molecular complexity index is 870. The molecular weight excluding hydrogens is 312 g/mol. The first-order valence-corrected chi connectivity index (χ1v) is 8.78. The molecule has 0 spiro atoms. The minimum Gasteiger partial charge on any atom is -0.489 e. The van der Waals surface area contributed by atoms with Gasteiger partial charge >= 0.3 is 0 Å². The summed E-state index contributed by atoms with van der Waals surface area (Å²) in [5.41, 5.74) is 4.78. The minimum atomic E-state index is 0.0792. The van der Waals surface area contributed by atoms with Gasteiger partial charge in [0.15, 0.2) is 0 Å². The normalized spacial score (nSPS) is 19.0. The molecule has 4 nitrogen and oxygen atoms in total. The quantitative estimate of drug-likeness (QED) is 0.697. The number of nitrogens with one attached hydrogen (secondary N) is 2. The van der Waals surface area contributed by atoms with Crippen LogP contribution in [0.15, 0.2) is 48.5 Å². The molecule has 0 fully saturated rings. The Morgan fingerprint density at radius 2 is 1.92 bits per heavy atom. The lowest BCUT2D eigenvalue weighted by atomic mass is 9.84. The van der Waals surface area contributed by atoms with E-state index in [4.69, 9.17) is 9.47 Å². The molecule has 0 bridgehead atoms. The SMILES string of the molecule is COC1c2c([nH]c3ccc(OCc4ccccc4)cc23)C1NC(C)C. The zero-order chi connectivity index (χ0) is 17.4. The number of aromatic amines is 1. The summed E-state index contributed by atoms with van der Waals surface area (Å²) in [6.45, 7) is 4.88. The van der Waals surface area contributed by atoms with Crippen molar-refractivity contribution in [3.63, 3.8) is 0 Å². The van der Waals surface area contributed by atoms with Crippen molar-refractivity contribution in [2.45, 2.75) is 38.6 Å². The average Bonchev–Trinajstić information content (AvgIpc) is 2.94. The number of aromatic nitrogens is 1. The lowest BCUT2D eigenvalue weighted by molar-refractivity contribution is 0.0402. The third-order valence-corrected chi connectivity index (χ3v) is 4.75. The van der Waals surface area contributed by atoms with E-state index in [9.17, 15) is 0 Å². The standard InChI is InChI=1S/C21H24N2O2/c1-13(2)22-20-19-18(21(20)24-3)16-11-15(9-10-17(16)23-19)25-12-14-7-5-4-6-8-14/h4-11,13,20-23H,12H2,1-3H3. The lowest BCUT2D eigenvalue weighted by Gasteiger charge is -2.37. The van der Waals surface area contributed by atoms with E-state index in [1.807, 2.05) is 24.3 Å². The first-order valence-electron chi connectivity index (χ1n) is 8.78. The lowest BCUT2D eigenvalue weighted by Crippen LogP contribution is -2.39. The largest absolute Gasteiger partial charge is 0.489 e. The molecule has 1 heterocycles. The Balaban J connectivity index is 1.60. The van der Waals surface area contributed by atoms with Crippen LogP contribution in [0, 0.1) is 0 Å². The molecule has 3 aromatic rings. The molecule has 4 rings (SSSR count). The molecule has 0 amide bonds. The summed E-state index contributed by atoms with van der Waals surface area (Å²) in [7, 11) is 1.78. The number of hydrogen-bond donors (Lipinski definition) is 2. The summed E-state index contributed by atoms with van der Waals surface area (Å²) >= 11 is 0. The Kier molecular flexibility index (Phi) is 4.24. The smallest absolute Gasteiger partial charge is 0.120 e. The van der Waals surface area contributed by atoms with Crippen molar-refractivity contribution in [2.24, 2.45) is 0 Å². The number of H-pyrrole nitrogens is 1. The van der Waals surface area contributed by atoms with Crippen LogP contribution in [-0.2, 0) is 11.3 Å². The predicted octanol–water partition coefficient (Wildman–Crippen LogP) is 4.49. The maximum Gasteiger partial charge on any atom is 0.120 e. The highest BCUT2D eigenvalue weighted by Crippen LogP contribution is 2.49. The van der Waals surface area contributed by atoms with Crippen LogP contribution in [0.2, 0.25) is 0 Å². The molecule has 0 saturated carbocycles. The summed E-state index contributed by atoms with van der Waals surface area (Å²) < 4.78 is 11.7. The third kappa shape index (κ3) is 2.92. The number of fused-ring (bicyclic) bond motifs is 3. The summed E-state index contributed by atoms with van der Waals surface area (Å²) in [6, 6.07) is 17.1. The van der Waals surface area contributed by atoms with Crippen molar-refractivity contribution in [3.8, 4) is 5.75 Å². The van der Waals surface area contributed by atoms with Gasteiger partial charge in [0, 0.05) is 35.3 Å².